The molecule has 0 radical (unpaired) electrons. The Labute approximate surface area is 81.3 Å². The highest BCUT2D eigenvalue weighted by molar-refractivity contribution is 4.91. The predicted molar refractivity (Wildman–Crippen MR) is 54.2 cm³/mol. The number of nitrogens with one attached hydrogen (secondary N) is 1. The van der Waals surface area contributed by atoms with Crippen LogP contribution in [0.4, 0.5) is 0 Å². The quantitative estimate of drug-likeness (QED) is 0.723. The van der Waals surface area contributed by atoms with E-state index in [9.17, 15) is 0 Å². The molecule has 1 N–H and O–H groups in total. The van der Waals surface area contributed by atoms with Gasteiger partial charge in [-0.3, -0.25) is 0 Å². The van der Waals surface area contributed by atoms with Crippen molar-refractivity contribution in [1.82, 2.24) is 5.32 Å². The summed E-state index contributed by atoms with van der Waals surface area (Å²) in [5.41, 5.74) is 0.426. The standard InChI is InChI=1S/C11H20N2/c1-9(7-12)8-13-10-5-4-6-11(10,2)3/h9-10,13H,4-6,8H2,1-3H3. The lowest BCUT2D eigenvalue weighted by Gasteiger charge is -2.28. The van der Waals surface area contributed by atoms with E-state index in [4.69, 9.17) is 5.26 Å². The lowest BCUT2D eigenvalue weighted by molar-refractivity contribution is 0.279. The molecule has 13 heavy (non-hydrogen) atoms. The molecule has 2 nitrogen and oxygen atoms in total. The van der Waals surface area contributed by atoms with Crippen LogP contribution < -0.4 is 5.32 Å². The summed E-state index contributed by atoms with van der Waals surface area (Å²) >= 11 is 0. The molecule has 0 saturated heterocycles. The summed E-state index contributed by atoms with van der Waals surface area (Å²) in [5.74, 6) is 0.136. The van der Waals surface area contributed by atoms with Crippen molar-refractivity contribution < 1.29 is 0 Å². The molecule has 74 valence electrons. The monoisotopic (exact) mass is 180 g/mol. The third-order valence-electron chi connectivity index (χ3n) is 3.15. The fourth-order valence-corrected chi connectivity index (χ4v) is 2.07. The molecule has 1 fully saturated rings. The predicted octanol–water partition coefficient (Wildman–Crippen LogP) is 2.31. The summed E-state index contributed by atoms with van der Waals surface area (Å²) < 4.78 is 0. The van der Waals surface area contributed by atoms with E-state index in [1.54, 1.807) is 0 Å². The largest absolute Gasteiger partial charge is 0.312 e. The summed E-state index contributed by atoms with van der Waals surface area (Å²) in [6.07, 6.45) is 3.91. The maximum absolute atomic E-state index is 8.65. The minimum atomic E-state index is 0.136. The second kappa shape index (κ2) is 4.11. The first-order valence-corrected chi connectivity index (χ1v) is 5.19. The average Bonchev–Trinajstić information content (AvgIpc) is 2.41. The van der Waals surface area contributed by atoms with E-state index in [1.807, 2.05) is 6.92 Å². The van der Waals surface area contributed by atoms with E-state index < -0.39 is 0 Å². The van der Waals surface area contributed by atoms with Crippen molar-refractivity contribution in [2.24, 2.45) is 11.3 Å². The molecule has 1 aliphatic carbocycles. The number of hydrogen-bond acceptors (Lipinski definition) is 2. The van der Waals surface area contributed by atoms with Crippen LogP contribution in [-0.4, -0.2) is 12.6 Å². The van der Waals surface area contributed by atoms with Gasteiger partial charge < -0.3 is 5.32 Å². The second-order valence-electron chi connectivity index (χ2n) is 4.87. The molecule has 0 aliphatic heterocycles. The molecule has 0 amide bonds. The van der Waals surface area contributed by atoms with Gasteiger partial charge >= 0.3 is 0 Å². The van der Waals surface area contributed by atoms with Gasteiger partial charge in [-0.1, -0.05) is 20.3 Å². The topological polar surface area (TPSA) is 35.8 Å². The summed E-state index contributed by atoms with van der Waals surface area (Å²) in [7, 11) is 0. The van der Waals surface area contributed by atoms with Crippen LogP contribution in [0.25, 0.3) is 0 Å². The zero-order valence-corrected chi connectivity index (χ0v) is 8.93. The Morgan fingerprint density at radius 3 is 2.77 bits per heavy atom. The molecule has 0 aromatic heterocycles. The zero-order valence-electron chi connectivity index (χ0n) is 8.93. The molecule has 2 unspecified atom stereocenters. The second-order valence-corrected chi connectivity index (χ2v) is 4.87. The van der Waals surface area contributed by atoms with Crippen LogP contribution in [0, 0.1) is 22.7 Å². The molecule has 1 rings (SSSR count). The minimum Gasteiger partial charge on any atom is -0.312 e. The summed E-state index contributed by atoms with van der Waals surface area (Å²) in [6, 6.07) is 2.87. The van der Waals surface area contributed by atoms with Crippen LogP contribution in [-0.2, 0) is 0 Å². The maximum Gasteiger partial charge on any atom is 0.0666 e. The van der Waals surface area contributed by atoms with Gasteiger partial charge in [0.05, 0.1) is 12.0 Å². The highest BCUT2D eigenvalue weighted by atomic mass is 14.9. The maximum atomic E-state index is 8.65. The SMILES string of the molecule is CC(C#N)CNC1CCCC1(C)C. The van der Waals surface area contributed by atoms with Crippen molar-refractivity contribution in [3.05, 3.63) is 0 Å². The summed E-state index contributed by atoms with van der Waals surface area (Å²) in [5, 5.41) is 12.1. The number of nitriles is 1. The molecule has 0 aromatic rings. The van der Waals surface area contributed by atoms with Gasteiger partial charge in [0.1, 0.15) is 0 Å². The van der Waals surface area contributed by atoms with Gasteiger partial charge in [-0.2, -0.15) is 5.26 Å². The van der Waals surface area contributed by atoms with Crippen LogP contribution in [0.3, 0.4) is 0 Å². The molecule has 2 atom stereocenters. The van der Waals surface area contributed by atoms with Crippen LogP contribution >= 0.6 is 0 Å². The van der Waals surface area contributed by atoms with Crippen molar-refractivity contribution in [1.29, 1.82) is 5.26 Å². The average molecular weight is 180 g/mol. The number of rotatable bonds is 3. The zero-order chi connectivity index (χ0) is 9.90. The van der Waals surface area contributed by atoms with Crippen molar-refractivity contribution in [3.63, 3.8) is 0 Å². The summed E-state index contributed by atoms with van der Waals surface area (Å²) in [4.78, 5) is 0. The van der Waals surface area contributed by atoms with Crippen LogP contribution in [0.1, 0.15) is 40.0 Å². The highest BCUT2D eigenvalue weighted by Gasteiger charge is 2.33. The molecule has 0 bridgehead atoms. The highest BCUT2D eigenvalue weighted by Crippen LogP contribution is 2.37. The van der Waals surface area contributed by atoms with E-state index in [0.717, 1.165) is 6.54 Å². The van der Waals surface area contributed by atoms with Gasteiger partial charge in [0, 0.05) is 12.6 Å². The van der Waals surface area contributed by atoms with E-state index >= 15 is 0 Å². The molecular weight excluding hydrogens is 160 g/mol. The third kappa shape index (κ3) is 2.70. The van der Waals surface area contributed by atoms with Gasteiger partial charge in [-0.15, -0.1) is 0 Å². The Balaban J connectivity index is 2.34. The van der Waals surface area contributed by atoms with Crippen molar-refractivity contribution in [3.8, 4) is 6.07 Å². The Morgan fingerprint density at radius 1 is 1.62 bits per heavy atom. The van der Waals surface area contributed by atoms with Gasteiger partial charge in [0.15, 0.2) is 0 Å². The normalized spacial score (nSPS) is 28.3. The van der Waals surface area contributed by atoms with Crippen LogP contribution in [0.15, 0.2) is 0 Å². The van der Waals surface area contributed by atoms with E-state index in [0.29, 0.717) is 11.5 Å². The van der Waals surface area contributed by atoms with Crippen LogP contribution in [0.2, 0.25) is 0 Å². The van der Waals surface area contributed by atoms with Gasteiger partial charge in [-0.05, 0) is 25.2 Å². The summed E-state index contributed by atoms with van der Waals surface area (Å²) in [6.45, 7) is 7.43. The van der Waals surface area contributed by atoms with E-state index in [-0.39, 0.29) is 5.92 Å². The Morgan fingerprint density at radius 2 is 2.31 bits per heavy atom. The van der Waals surface area contributed by atoms with E-state index in [2.05, 4.69) is 25.2 Å². The van der Waals surface area contributed by atoms with Gasteiger partial charge in [0.2, 0.25) is 0 Å². The Kier molecular flexibility index (Phi) is 3.33. The molecule has 1 aliphatic rings. The Hall–Kier alpha value is -0.550. The lowest BCUT2D eigenvalue weighted by Crippen LogP contribution is -2.39. The molecule has 1 saturated carbocycles. The first kappa shape index (κ1) is 10.5. The van der Waals surface area contributed by atoms with Crippen molar-refractivity contribution >= 4 is 0 Å². The number of nitrogens with zero attached hydrogens (tertiary/aromatic N) is 1. The number of hydrogen-bond donors (Lipinski definition) is 1. The molecule has 0 heterocycles. The van der Waals surface area contributed by atoms with Crippen molar-refractivity contribution in [2.75, 3.05) is 6.54 Å². The molecule has 0 spiro atoms. The van der Waals surface area contributed by atoms with Gasteiger partial charge in [0.25, 0.3) is 0 Å². The van der Waals surface area contributed by atoms with E-state index in [1.165, 1.54) is 19.3 Å². The fourth-order valence-electron chi connectivity index (χ4n) is 2.07. The first-order valence-electron chi connectivity index (χ1n) is 5.19. The van der Waals surface area contributed by atoms with Crippen molar-refractivity contribution in [2.45, 2.75) is 46.1 Å². The van der Waals surface area contributed by atoms with Crippen LogP contribution in [0.5, 0.6) is 0 Å². The smallest absolute Gasteiger partial charge is 0.0666 e. The van der Waals surface area contributed by atoms with Gasteiger partial charge in [-0.25, -0.2) is 0 Å². The Bertz CT molecular complexity index is 203. The lowest BCUT2D eigenvalue weighted by atomic mass is 9.87. The molecule has 2 heteroatoms. The molecule has 0 aromatic carbocycles. The third-order valence-corrected chi connectivity index (χ3v) is 3.15. The minimum absolute atomic E-state index is 0.136. The fraction of sp³-hybridized carbons (Fsp3) is 0.909. The first-order chi connectivity index (χ1) is 6.06. The molecular formula is C11H20N2.